The van der Waals surface area contributed by atoms with E-state index < -0.39 is 0 Å². The Hall–Kier alpha value is -2.00. The fourth-order valence-electron chi connectivity index (χ4n) is 2.69. The molecule has 0 aliphatic carbocycles. The van der Waals surface area contributed by atoms with Crippen LogP contribution in [0, 0.1) is 0 Å². The number of benzene rings is 2. The summed E-state index contributed by atoms with van der Waals surface area (Å²) in [6.07, 6.45) is 0. The van der Waals surface area contributed by atoms with E-state index in [0.717, 1.165) is 38.3 Å². The quantitative estimate of drug-likeness (QED) is 0.927. The Kier molecular flexibility index (Phi) is 3.88. The van der Waals surface area contributed by atoms with Gasteiger partial charge >= 0.3 is 0 Å². The molecule has 1 saturated heterocycles. The molecule has 0 amide bonds. The highest BCUT2D eigenvalue weighted by Crippen LogP contribution is 2.20. The van der Waals surface area contributed by atoms with Crippen molar-refractivity contribution in [3.8, 4) is 5.75 Å². The summed E-state index contributed by atoms with van der Waals surface area (Å²) in [5.74, 6) is 0.401. The molecular formula is C17H20N2O. The van der Waals surface area contributed by atoms with Gasteiger partial charge in [0, 0.05) is 44.0 Å². The first-order valence-corrected chi connectivity index (χ1v) is 7.12. The molecule has 0 unspecified atom stereocenters. The minimum Gasteiger partial charge on any atom is -0.508 e. The smallest absolute Gasteiger partial charge is 0.120 e. The Labute approximate surface area is 120 Å². The predicted octanol–water partition coefficient (Wildman–Crippen LogP) is 2.71. The molecule has 1 fully saturated rings. The van der Waals surface area contributed by atoms with Crippen LogP contribution in [0.15, 0.2) is 54.6 Å². The Morgan fingerprint density at radius 3 is 2.15 bits per heavy atom. The van der Waals surface area contributed by atoms with Gasteiger partial charge in [-0.3, -0.25) is 4.90 Å². The molecule has 0 bridgehead atoms. The van der Waals surface area contributed by atoms with Gasteiger partial charge in [-0.1, -0.05) is 36.4 Å². The van der Waals surface area contributed by atoms with Crippen molar-refractivity contribution < 1.29 is 5.11 Å². The Morgan fingerprint density at radius 1 is 0.800 bits per heavy atom. The number of anilines is 1. The minimum atomic E-state index is 0.401. The fourth-order valence-corrected chi connectivity index (χ4v) is 2.69. The van der Waals surface area contributed by atoms with Gasteiger partial charge in [0.2, 0.25) is 0 Å². The Morgan fingerprint density at radius 2 is 1.45 bits per heavy atom. The Balaban J connectivity index is 1.58. The molecule has 3 heteroatoms. The highest BCUT2D eigenvalue weighted by Gasteiger charge is 2.17. The molecule has 0 aromatic heterocycles. The van der Waals surface area contributed by atoms with E-state index in [4.69, 9.17) is 0 Å². The molecule has 3 nitrogen and oxygen atoms in total. The van der Waals surface area contributed by atoms with Gasteiger partial charge in [0.25, 0.3) is 0 Å². The molecule has 20 heavy (non-hydrogen) atoms. The molecule has 0 radical (unpaired) electrons. The summed E-state index contributed by atoms with van der Waals surface area (Å²) >= 11 is 0. The number of aromatic hydroxyl groups is 1. The average molecular weight is 268 g/mol. The lowest BCUT2D eigenvalue weighted by molar-refractivity contribution is 0.247. The number of phenolic OH excluding ortho intramolecular Hbond substituents is 1. The van der Waals surface area contributed by atoms with Gasteiger partial charge < -0.3 is 10.0 Å². The number of phenols is 1. The summed E-state index contributed by atoms with van der Waals surface area (Å²) in [5, 5.41) is 9.83. The molecule has 1 aliphatic rings. The second kappa shape index (κ2) is 5.97. The van der Waals surface area contributed by atoms with Gasteiger partial charge in [-0.2, -0.15) is 0 Å². The van der Waals surface area contributed by atoms with Crippen molar-refractivity contribution in [3.63, 3.8) is 0 Å². The molecule has 1 aliphatic heterocycles. The van der Waals surface area contributed by atoms with Gasteiger partial charge in [0.15, 0.2) is 0 Å². The monoisotopic (exact) mass is 268 g/mol. The molecule has 1 N–H and O–H groups in total. The Bertz CT molecular complexity index is 548. The van der Waals surface area contributed by atoms with Crippen LogP contribution >= 0.6 is 0 Å². The summed E-state index contributed by atoms with van der Waals surface area (Å²) in [6, 6.07) is 18.2. The lowest BCUT2D eigenvalue weighted by Crippen LogP contribution is -2.45. The van der Waals surface area contributed by atoms with Crippen molar-refractivity contribution >= 4 is 5.69 Å². The third kappa shape index (κ3) is 2.94. The van der Waals surface area contributed by atoms with Crippen molar-refractivity contribution in [2.75, 3.05) is 31.1 Å². The first kappa shape index (κ1) is 13.0. The zero-order chi connectivity index (χ0) is 13.8. The van der Waals surface area contributed by atoms with Crippen LogP contribution in [0.1, 0.15) is 5.56 Å². The normalized spacial score (nSPS) is 16.3. The summed E-state index contributed by atoms with van der Waals surface area (Å²) in [5.41, 5.74) is 2.32. The lowest BCUT2D eigenvalue weighted by Gasteiger charge is -2.36. The van der Waals surface area contributed by atoms with Crippen molar-refractivity contribution in [3.05, 3.63) is 60.2 Å². The number of piperazine rings is 1. The molecule has 0 atom stereocenters. The van der Waals surface area contributed by atoms with Crippen molar-refractivity contribution in [2.24, 2.45) is 0 Å². The summed E-state index contributed by atoms with van der Waals surface area (Å²) in [6.45, 7) is 4.97. The zero-order valence-electron chi connectivity index (χ0n) is 11.6. The van der Waals surface area contributed by atoms with Crippen LogP contribution < -0.4 is 4.90 Å². The summed E-state index contributed by atoms with van der Waals surface area (Å²) < 4.78 is 0. The van der Waals surface area contributed by atoms with Gasteiger partial charge in [0.05, 0.1) is 0 Å². The van der Waals surface area contributed by atoms with E-state index >= 15 is 0 Å². The van der Waals surface area contributed by atoms with E-state index in [1.165, 1.54) is 5.69 Å². The second-order valence-electron chi connectivity index (χ2n) is 5.23. The molecule has 2 aromatic rings. The van der Waals surface area contributed by atoms with Crippen LogP contribution in [-0.4, -0.2) is 36.2 Å². The van der Waals surface area contributed by atoms with E-state index in [1.807, 2.05) is 18.2 Å². The van der Waals surface area contributed by atoms with Gasteiger partial charge in [0.1, 0.15) is 5.75 Å². The third-order valence-corrected chi connectivity index (χ3v) is 3.88. The van der Waals surface area contributed by atoms with Crippen LogP contribution in [0.5, 0.6) is 5.75 Å². The van der Waals surface area contributed by atoms with Crippen molar-refractivity contribution in [1.29, 1.82) is 0 Å². The second-order valence-corrected chi connectivity index (χ2v) is 5.23. The predicted molar refractivity (Wildman–Crippen MR) is 82.0 cm³/mol. The average Bonchev–Trinajstić information content (AvgIpc) is 2.51. The highest BCUT2D eigenvalue weighted by atomic mass is 16.3. The molecular weight excluding hydrogens is 248 g/mol. The van der Waals surface area contributed by atoms with Crippen LogP contribution in [0.25, 0.3) is 0 Å². The van der Waals surface area contributed by atoms with E-state index in [-0.39, 0.29) is 0 Å². The molecule has 2 aromatic carbocycles. The molecule has 0 saturated carbocycles. The SMILES string of the molecule is Oc1ccccc1CN1CCN(c2ccccc2)CC1. The maximum absolute atomic E-state index is 9.83. The largest absolute Gasteiger partial charge is 0.508 e. The first-order valence-electron chi connectivity index (χ1n) is 7.12. The number of nitrogens with zero attached hydrogens (tertiary/aromatic N) is 2. The highest BCUT2D eigenvalue weighted by molar-refractivity contribution is 5.46. The minimum absolute atomic E-state index is 0.401. The molecule has 1 heterocycles. The maximum atomic E-state index is 9.83. The number of para-hydroxylation sites is 2. The van der Waals surface area contributed by atoms with Gasteiger partial charge in [-0.25, -0.2) is 0 Å². The molecule has 0 spiro atoms. The van der Waals surface area contributed by atoms with Crippen molar-refractivity contribution in [1.82, 2.24) is 4.90 Å². The zero-order valence-corrected chi connectivity index (χ0v) is 11.6. The lowest BCUT2D eigenvalue weighted by atomic mass is 10.1. The van der Waals surface area contributed by atoms with E-state index in [0.29, 0.717) is 5.75 Å². The summed E-state index contributed by atoms with van der Waals surface area (Å²) in [4.78, 5) is 4.82. The standard InChI is InChI=1S/C17H20N2O/c20-17-9-5-4-6-15(17)14-18-10-12-19(13-11-18)16-7-2-1-3-8-16/h1-9,20H,10-14H2. The molecule has 3 rings (SSSR count). The topological polar surface area (TPSA) is 26.7 Å². The third-order valence-electron chi connectivity index (χ3n) is 3.88. The number of hydrogen-bond acceptors (Lipinski definition) is 3. The first-order chi connectivity index (χ1) is 9.83. The number of hydrogen-bond donors (Lipinski definition) is 1. The van der Waals surface area contributed by atoms with Crippen LogP contribution in [-0.2, 0) is 6.54 Å². The maximum Gasteiger partial charge on any atom is 0.120 e. The molecule has 104 valence electrons. The summed E-state index contributed by atoms with van der Waals surface area (Å²) in [7, 11) is 0. The van der Waals surface area contributed by atoms with Crippen LogP contribution in [0.3, 0.4) is 0 Å². The van der Waals surface area contributed by atoms with Crippen molar-refractivity contribution in [2.45, 2.75) is 6.54 Å². The van der Waals surface area contributed by atoms with E-state index in [9.17, 15) is 5.11 Å². The van der Waals surface area contributed by atoms with E-state index in [1.54, 1.807) is 6.07 Å². The van der Waals surface area contributed by atoms with Crippen LogP contribution in [0.4, 0.5) is 5.69 Å². The fraction of sp³-hybridized carbons (Fsp3) is 0.294. The van der Waals surface area contributed by atoms with Crippen LogP contribution in [0.2, 0.25) is 0 Å². The van der Waals surface area contributed by atoms with Gasteiger partial charge in [-0.15, -0.1) is 0 Å². The number of rotatable bonds is 3. The van der Waals surface area contributed by atoms with Gasteiger partial charge in [-0.05, 0) is 18.2 Å². The van der Waals surface area contributed by atoms with E-state index in [2.05, 4.69) is 40.1 Å².